The van der Waals surface area contributed by atoms with Crippen LogP contribution in [0.5, 0.6) is 0 Å². The van der Waals surface area contributed by atoms with Crippen LogP contribution in [0.25, 0.3) is 11.4 Å². The van der Waals surface area contributed by atoms with Gasteiger partial charge >= 0.3 is 0 Å². The van der Waals surface area contributed by atoms with Gasteiger partial charge in [-0.2, -0.15) is 0 Å². The number of fused-ring (bicyclic) bond motifs is 1. The summed E-state index contributed by atoms with van der Waals surface area (Å²) in [4.78, 5) is 23.0. The van der Waals surface area contributed by atoms with E-state index in [2.05, 4.69) is 41.9 Å². The van der Waals surface area contributed by atoms with Gasteiger partial charge in [0.25, 0.3) is 5.56 Å². The molecule has 1 aliphatic rings. The zero-order valence-corrected chi connectivity index (χ0v) is 15.5. The van der Waals surface area contributed by atoms with Crippen molar-refractivity contribution in [2.24, 2.45) is 0 Å². The topological polar surface area (TPSA) is 49.0 Å². The van der Waals surface area contributed by atoms with E-state index in [9.17, 15) is 4.79 Å². The van der Waals surface area contributed by atoms with Crippen molar-refractivity contribution in [3.8, 4) is 11.4 Å². The minimum Gasteiger partial charge on any atom is -0.306 e. The summed E-state index contributed by atoms with van der Waals surface area (Å²) in [6, 6.07) is 8.33. The molecule has 0 spiro atoms. The minimum absolute atomic E-state index is 0.0533. The van der Waals surface area contributed by atoms with Crippen LogP contribution >= 0.6 is 0 Å². The first-order chi connectivity index (χ1) is 12.2. The van der Waals surface area contributed by atoms with Gasteiger partial charge in [-0.1, -0.05) is 44.5 Å². The minimum atomic E-state index is 0.0533. The lowest BCUT2D eigenvalue weighted by atomic mass is 10.0. The van der Waals surface area contributed by atoms with E-state index in [1.54, 1.807) is 0 Å². The lowest BCUT2D eigenvalue weighted by Gasteiger charge is -2.21. The Morgan fingerprint density at radius 1 is 1.12 bits per heavy atom. The SMILES string of the molecule is CCCN(CC)Cc1ccccc1-c1nc2c(c(=O)[nH]1)CCCCC2. The average Bonchev–Trinajstić information content (AvgIpc) is 2.87. The molecule has 4 heteroatoms. The summed E-state index contributed by atoms with van der Waals surface area (Å²) in [5.41, 5.74) is 4.25. The number of hydrogen-bond donors (Lipinski definition) is 1. The molecule has 0 bridgehead atoms. The zero-order chi connectivity index (χ0) is 17.6. The van der Waals surface area contributed by atoms with Crippen LogP contribution in [-0.2, 0) is 19.4 Å². The highest BCUT2D eigenvalue weighted by Crippen LogP contribution is 2.23. The molecule has 0 fully saturated rings. The molecule has 0 radical (unpaired) electrons. The van der Waals surface area contributed by atoms with Gasteiger partial charge in [0.2, 0.25) is 0 Å². The first-order valence-corrected chi connectivity index (χ1v) is 9.65. The second-order valence-corrected chi connectivity index (χ2v) is 6.93. The van der Waals surface area contributed by atoms with Crippen molar-refractivity contribution in [3.05, 3.63) is 51.4 Å². The van der Waals surface area contributed by atoms with E-state index in [1.165, 1.54) is 12.0 Å². The van der Waals surface area contributed by atoms with Gasteiger partial charge in [0, 0.05) is 17.7 Å². The van der Waals surface area contributed by atoms with Crippen molar-refractivity contribution >= 4 is 0 Å². The van der Waals surface area contributed by atoms with Crippen molar-refractivity contribution in [2.75, 3.05) is 13.1 Å². The van der Waals surface area contributed by atoms with Crippen molar-refractivity contribution in [1.29, 1.82) is 0 Å². The molecule has 2 aromatic rings. The third-order valence-electron chi connectivity index (χ3n) is 5.09. The average molecular weight is 339 g/mol. The second kappa shape index (κ2) is 8.43. The van der Waals surface area contributed by atoms with Gasteiger partial charge < -0.3 is 4.98 Å². The molecule has 1 aromatic carbocycles. The van der Waals surface area contributed by atoms with Gasteiger partial charge in [0.15, 0.2) is 0 Å². The monoisotopic (exact) mass is 339 g/mol. The van der Waals surface area contributed by atoms with Gasteiger partial charge in [-0.05, 0) is 50.8 Å². The largest absolute Gasteiger partial charge is 0.306 e. The predicted molar refractivity (Wildman–Crippen MR) is 103 cm³/mol. The van der Waals surface area contributed by atoms with Crippen LogP contribution < -0.4 is 5.56 Å². The number of nitrogens with zero attached hydrogens (tertiary/aromatic N) is 2. The molecule has 1 heterocycles. The molecule has 0 aliphatic heterocycles. The molecule has 0 amide bonds. The number of aromatic nitrogens is 2. The third kappa shape index (κ3) is 4.18. The van der Waals surface area contributed by atoms with Gasteiger partial charge in [0.05, 0.1) is 5.69 Å². The molecule has 0 atom stereocenters. The Kier molecular flexibility index (Phi) is 6.03. The summed E-state index contributed by atoms with van der Waals surface area (Å²) in [5, 5.41) is 0. The van der Waals surface area contributed by atoms with Crippen LogP contribution in [0.4, 0.5) is 0 Å². The lowest BCUT2D eigenvalue weighted by Crippen LogP contribution is -2.24. The van der Waals surface area contributed by atoms with E-state index in [0.717, 1.165) is 74.4 Å². The Morgan fingerprint density at radius 2 is 1.92 bits per heavy atom. The molecule has 4 nitrogen and oxygen atoms in total. The summed E-state index contributed by atoms with van der Waals surface area (Å²) >= 11 is 0. The van der Waals surface area contributed by atoms with Gasteiger partial charge in [0.1, 0.15) is 5.82 Å². The molecule has 0 unspecified atom stereocenters. The number of rotatable bonds is 6. The molecule has 1 N–H and O–H groups in total. The quantitative estimate of drug-likeness (QED) is 0.811. The number of benzene rings is 1. The van der Waals surface area contributed by atoms with Crippen molar-refractivity contribution in [3.63, 3.8) is 0 Å². The van der Waals surface area contributed by atoms with E-state index in [1.807, 2.05) is 6.07 Å². The Labute approximate surface area is 150 Å². The van der Waals surface area contributed by atoms with E-state index < -0.39 is 0 Å². The normalized spacial score (nSPS) is 14.4. The van der Waals surface area contributed by atoms with Gasteiger partial charge in [-0.25, -0.2) is 4.98 Å². The molecule has 1 aliphatic carbocycles. The summed E-state index contributed by atoms with van der Waals surface area (Å²) in [5.74, 6) is 0.730. The molecule has 3 rings (SSSR count). The van der Waals surface area contributed by atoms with Crippen molar-refractivity contribution in [2.45, 2.75) is 58.9 Å². The van der Waals surface area contributed by atoms with Crippen molar-refractivity contribution in [1.82, 2.24) is 14.9 Å². The van der Waals surface area contributed by atoms with Crippen LogP contribution in [0.1, 0.15) is 56.4 Å². The molecular weight excluding hydrogens is 310 g/mol. The summed E-state index contributed by atoms with van der Waals surface area (Å²) in [6.45, 7) is 7.40. The predicted octanol–water partition coefficient (Wildman–Crippen LogP) is 3.94. The highest BCUT2D eigenvalue weighted by molar-refractivity contribution is 5.60. The van der Waals surface area contributed by atoms with Gasteiger partial charge in [-0.15, -0.1) is 0 Å². The Morgan fingerprint density at radius 3 is 2.72 bits per heavy atom. The number of nitrogens with one attached hydrogen (secondary N) is 1. The molecule has 25 heavy (non-hydrogen) atoms. The molecule has 0 saturated heterocycles. The number of aryl methyl sites for hydroxylation is 1. The van der Waals surface area contributed by atoms with Crippen LogP contribution in [0.2, 0.25) is 0 Å². The Bertz CT molecular complexity index is 766. The van der Waals surface area contributed by atoms with E-state index >= 15 is 0 Å². The summed E-state index contributed by atoms with van der Waals surface area (Å²) in [6.07, 6.45) is 6.33. The molecule has 1 aromatic heterocycles. The van der Waals surface area contributed by atoms with Gasteiger partial charge in [-0.3, -0.25) is 9.69 Å². The third-order valence-corrected chi connectivity index (χ3v) is 5.09. The maximum Gasteiger partial charge on any atom is 0.254 e. The number of hydrogen-bond acceptors (Lipinski definition) is 3. The van der Waals surface area contributed by atoms with Crippen LogP contribution in [0.3, 0.4) is 0 Å². The fourth-order valence-corrected chi connectivity index (χ4v) is 3.70. The van der Waals surface area contributed by atoms with Crippen LogP contribution in [-0.4, -0.2) is 28.0 Å². The zero-order valence-electron chi connectivity index (χ0n) is 15.5. The summed E-state index contributed by atoms with van der Waals surface area (Å²) in [7, 11) is 0. The molecule has 0 saturated carbocycles. The maximum atomic E-state index is 12.6. The first kappa shape index (κ1) is 17.9. The van der Waals surface area contributed by atoms with E-state index in [0.29, 0.717) is 0 Å². The fourth-order valence-electron chi connectivity index (χ4n) is 3.70. The van der Waals surface area contributed by atoms with Crippen molar-refractivity contribution < 1.29 is 0 Å². The number of H-pyrrole nitrogens is 1. The van der Waals surface area contributed by atoms with Crippen LogP contribution in [0.15, 0.2) is 29.1 Å². The highest BCUT2D eigenvalue weighted by Gasteiger charge is 2.17. The Hall–Kier alpha value is -1.94. The Balaban J connectivity index is 1.98. The first-order valence-electron chi connectivity index (χ1n) is 9.65. The molecular formula is C21H29N3O. The fraction of sp³-hybridized carbons (Fsp3) is 0.524. The smallest absolute Gasteiger partial charge is 0.254 e. The lowest BCUT2D eigenvalue weighted by molar-refractivity contribution is 0.281. The standard InChI is InChI=1S/C21H29N3O/c1-3-14-24(4-2)15-16-10-8-9-11-17(16)20-22-19-13-7-5-6-12-18(19)21(25)23-20/h8-11H,3-7,12-15H2,1-2H3,(H,22,23,25). The second-order valence-electron chi connectivity index (χ2n) is 6.93. The van der Waals surface area contributed by atoms with Crippen LogP contribution in [0, 0.1) is 0 Å². The maximum absolute atomic E-state index is 12.6. The molecule has 134 valence electrons. The number of aromatic amines is 1. The van der Waals surface area contributed by atoms with E-state index in [-0.39, 0.29) is 5.56 Å². The highest BCUT2D eigenvalue weighted by atomic mass is 16.1. The van der Waals surface area contributed by atoms with E-state index in [4.69, 9.17) is 4.98 Å². The summed E-state index contributed by atoms with van der Waals surface area (Å²) < 4.78 is 0.